The molecular formula is C13H22ClN3O3S. The minimum atomic E-state index is -3.46. The molecule has 0 saturated carbocycles. The van der Waals surface area contributed by atoms with E-state index in [4.69, 9.17) is 0 Å². The number of nitrogens with one attached hydrogen (secondary N) is 3. The lowest BCUT2D eigenvalue weighted by Gasteiger charge is -2.07. The first kappa shape index (κ1) is 19.9. The van der Waals surface area contributed by atoms with Crippen molar-refractivity contribution in [1.29, 1.82) is 0 Å². The van der Waals surface area contributed by atoms with Gasteiger partial charge in [-0.15, -0.1) is 12.4 Å². The predicted molar refractivity (Wildman–Crippen MR) is 85.4 cm³/mol. The molecule has 0 aliphatic carbocycles. The Morgan fingerprint density at radius 3 is 2.24 bits per heavy atom. The number of hydrogen-bond donors (Lipinski definition) is 3. The molecule has 6 nitrogen and oxygen atoms in total. The lowest BCUT2D eigenvalue weighted by atomic mass is 10.2. The second-order valence-electron chi connectivity index (χ2n) is 4.24. The normalized spacial score (nSPS) is 10.8. The summed E-state index contributed by atoms with van der Waals surface area (Å²) >= 11 is 0. The van der Waals surface area contributed by atoms with Crippen molar-refractivity contribution < 1.29 is 13.2 Å². The van der Waals surface area contributed by atoms with Crippen molar-refractivity contribution in [3.8, 4) is 0 Å². The Labute approximate surface area is 132 Å². The molecule has 1 aromatic carbocycles. The van der Waals surface area contributed by atoms with Gasteiger partial charge < -0.3 is 10.6 Å². The summed E-state index contributed by atoms with van der Waals surface area (Å²) < 4.78 is 25.3. The number of halogens is 1. The molecule has 0 spiro atoms. The van der Waals surface area contributed by atoms with E-state index >= 15 is 0 Å². The van der Waals surface area contributed by atoms with Gasteiger partial charge >= 0.3 is 0 Å². The molecule has 0 bridgehead atoms. The summed E-state index contributed by atoms with van der Waals surface area (Å²) in [6.07, 6.45) is 1.05. The maximum atomic E-state index is 11.8. The van der Waals surface area contributed by atoms with Gasteiger partial charge in [0, 0.05) is 18.7 Å². The molecule has 1 amide bonds. The molecule has 0 fully saturated rings. The highest BCUT2D eigenvalue weighted by molar-refractivity contribution is 7.89. The minimum absolute atomic E-state index is 0. The average molecular weight is 336 g/mol. The van der Waals surface area contributed by atoms with E-state index in [0.717, 1.165) is 13.0 Å². The van der Waals surface area contributed by atoms with E-state index in [9.17, 15) is 13.2 Å². The molecule has 0 unspecified atom stereocenters. The van der Waals surface area contributed by atoms with E-state index in [1.54, 1.807) is 0 Å². The van der Waals surface area contributed by atoms with Gasteiger partial charge in [0.2, 0.25) is 10.0 Å². The Morgan fingerprint density at radius 1 is 1.10 bits per heavy atom. The van der Waals surface area contributed by atoms with Crippen LogP contribution < -0.4 is 15.4 Å². The number of amides is 1. The number of benzene rings is 1. The fourth-order valence-electron chi connectivity index (χ4n) is 1.57. The van der Waals surface area contributed by atoms with E-state index in [1.165, 1.54) is 31.3 Å². The fraction of sp³-hybridized carbons (Fsp3) is 0.462. The van der Waals surface area contributed by atoms with Crippen molar-refractivity contribution in [2.45, 2.75) is 18.2 Å². The Bertz CT molecular complexity index is 532. The summed E-state index contributed by atoms with van der Waals surface area (Å²) in [6, 6.07) is 5.82. The second-order valence-corrected chi connectivity index (χ2v) is 6.12. The molecule has 8 heteroatoms. The number of carbonyl (C=O) groups excluding carboxylic acids is 1. The molecular weight excluding hydrogens is 314 g/mol. The molecule has 0 aliphatic heterocycles. The highest BCUT2D eigenvalue weighted by atomic mass is 35.5. The van der Waals surface area contributed by atoms with E-state index < -0.39 is 10.0 Å². The largest absolute Gasteiger partial charge is 0.351 e. The third-order valence-corrected chi connectivity index (χ3v) is 4.14. The van der Waals surface area contributed by atoms with Gasteiger partial charge in [0.25, 0.3) is 5.91 Å². The van der Waals surface area contributed by atoms with Crippen LogP contribution in [0, 0.1) is 0 Å². The molecule has 120 valence electrons. The van der Waals surface area contributed by atoms with E-state index in [1.807, 2.05) is 0 Å². The van der Waals surface area contributed by atoms with Crippen molar-refractivity contribution in [2.24, 2.45) is 0 Å². The predicted octanol–water partition coefficient (Wildman–Crippen LogP) is 0.746. The van der Waals surface area contributed by atoms with Crippen molar-refractivity contribution in [3.05, 3.63) is 29.8 Å². The second kappa shape index (κ2) is 9.73. The zero-order valence-electron chi connectivity index (χ0n) is 12.2. The molecule has 0 heterocycles. The Morgan fingerprint density at radius 2 is 1.71 bits per heavy atom. The Hall–Kier alpha value is -1.15. The van der Waals surface area contributed by atoms with Crippen molar-refractivity contribution in [3.63, 3.8) is 0 Å². The standard InChI is InChI=1S/C13H21N3O3S.ClH/c1-3-8-15-9-10-16-13(17)11-4-6-12(7-5-11)20(18,19)14-2;/h4-7,14-15H,3,8-10H2,1-2H3,(H,16,17);1H. The molecule has 0 aliphatic rings. The Kier molecular flexibility index (Phi) is 9.19. The number of rotatable bonds is 8. The summed E-state index contributed by atoms with van der Waals surface area (Å²) in [7, 11) is -2.11. The summed E-state index contributed by atoms with van der Waals surface area (Å²) in [5.41, 5.74) is 0.440. The maximum Gasteiger partial charge on any atom is 0.251 e. The summed E-state index contributed by atoms with van der Waals surface area (Å²) in [4.78, 5) is 11.9. The van der Waals surface area contributed by atoms with Crippen LogP contribution in [0.3, 0.4) is 0 Å². The first-order chi connectivity index (χ1) is 9.51. The molecule has 1 aromatic rings. The van der Waals surface area contributed by atoms with Crippen LogP contribution in [-0.4, -0.2) is 41.0 Å². The molecule has 0 saturated heterocycles. The van der Waals surface area contributed by atoms with Gasteiger partial charge in [-0.2, -0.15) is 0 Å². The molecule has 3 N–H and O–H groups in total. The summed E-state index contributed by atoms with van der Waals surface area (Å²) in [6.45, 7) is 4.25. The average Bonchev–Trinajstić information content (AvgIpc) is 2.47. The van der Waals surface area contributed by atoms with Crippen molar-refractivity contribution >= 4 is 28.3 Å². The lowest BCUT2D eigenvalue weighted by Crippen LogP contribution is -2.32. The van der Waals surface area contributed by atoms with Gasteiger partial charge in [0.05, 0.1) is 4.90 Å². The van der Waals surface area contributed by atoms with Gasteiger partial charge in [-0.3, -0.25) is 4.79 Å². The minimum Gasteiger partial charge on any atom is -0.351 e. The van der Waals surface area contributed by atoms with Crippen LogP contribution in [0.25, 0.3) is 0 Å². The first-order valence-corrected chi connectivity index (χ1v) is 8.02. The van der Waals surface area contributed by atoms with Crippen LogP contribution in [0.4, 0.5) is 0 Å². The van der Waals surface area contributed by atoms with Gasteiger partial charge in [-0.1, -0.05) is 6.92 Å². The quantitative estimate of drug-likeness (QED) is 0.612. The van der Waals surface area contributed by atoms with Gasteiger partial charge in [-0.25, -0.2) is 13.1 Å². The third kappa shape index (κ3) is 6.43. The molecule has 1 rings (SSSR count). The van der Waals surface area contributed by atoms with Crippen LogP contribution in [0.5, 0.6) is 0 Å². The van der Waals surface area contributed by atoms with Gasteiger partial charge in [0.15, 0.2) is 0 Å². The third-order valence-electron chi connectivity index (χ3n) is 2.71. The molecule has 0 atom stereocenters. The number of sulfonamides is 1. The summed E-state index contributed by atoms with van der Waals surface area (Å²) in [5.74, 6) is -0.211. The molecule has 21 heavy (non-hydrogen) atoms. The highest BCUT2D eigenvalue weighted by Crippen LogP contribution is 2.09. The van der Waals surface area contributed by atoms with E-state index in [2.05, 4.69) is 22.3 Å². The highest BCUT2D eigenvalue weighted by Gasteiger charge is 2.12. The van der Waals surface area contributed by atoms with E-state index in [0.29, 0.717) is 18.7 Å². The van der Waals surface area contributed by atoms with Crippen LogP contribution in [0.15, 0.2) is 29.2 Å². The van der Waals surface area contributed by atoms with Gasteiger partial charge in [0.1, 0.15) is 0 Å². The van der Waals surface area contributed by atoms with Crippen LogP contribution in [0.2, 0.25) is 0 Å². The molecule has 0 aromatic heterocycles. The van der Waals surface area contributed by atoms with Crippen LogP contribution >= 0.6 is 12.4 Å². The maximum absolute atomic E-state index is 11.8. The smallest absolute Gasteiger partial charge is 0.251 e. The SMILES string of the molecule is CCCNCCNC(=O)c1ccc(S(=O)(=O)NC)cc1.Cl. The van der Waals surface area contributed by atoms with E-state index in [-0.39, 0.29) is 23.2 Å². The Balaban J connectivity index is 0.00000400. The monoisotopic (exact) mass is 335 g/mol. The first-order valence-electron chi connectivity index (χ1n) is 6.53. The number of hydrogen-bond acceptors (Lipinski definition) is 4. The van der Waals surface area contributed by atoms with Crippen molar-refractivity contribution in [2.75, 3.05) is 26.7 Å². The molecule has 0 radical (unpaired) electrons. The topological polar surface area (TPSA) is 87.3 Å². The summed E-state index contributed by atoms with van der Waals surface area (Å²) in [5, 5.41) is 5.94. The zero-order chi connectivity index (χ0) is 15.0. The zero-order valence-corrected chi connectivity index (χ0v) is 13.8. The fourth-order valence-corrected chi connectivity index (χ4v) is 2.30. The van der Waals surface area contributed by atoms with Crippen molar-refractivity contribution in [1.82, 2.24) is 15.4 Å². The van der Waals surface area contributed by atoms with Crippen LogP contribution in [-0.2, 0) is 10.0 Å². The van der Waals surface area contributed by atoms with Gasteiger partial charge in [-0.05, 0) is 44.3 Å². The van der Waals surface area contributed by atoms with Crippen LogP contribution in [0.1, 0.15) is 23.7 Å². The number of carbonyl (C=O) groups is 1. The lowest BCUT2D eigenvalue weighted by molar-refractivity contribution is 0.0954.